The first kappa shape index (κ1) is 25.0. The van der Waals surface area contributed by atoms with Crippen LogP contribution in [0.4, 0.5) is 26.3 Å². The number of halogens is 6. The molecule has 0 aromatic heterocycles. The number of carbonyl (C=O) groups is 1. The third-order valence-electron chi connectivity index (χ3n) is 6.47. The molecule has 10 heteroatoms. The quantitative estimate of drug-likeness (QED) is 0.369. The molecule has 0 spiro atoms. The molecule has 1 saturated carbocycles. The third kappa shape index (κ3) is 4.49. The summed E-state index contributed by atoms with van der Waals surface area (Å²) in [5.41, 5.74) is -2.90. The second-order valence-electron chi connectivity index (χ2n) is 9.10. The standard InChI is InChI=1S/C27H21F6NO3/c1-13-11-14-6-4-8-18(36-2)19(14)21(22(13)27(31,32)33)24-23(35)20(25(37-24)34-17-9-10-17)15-5-3-7-16(12-15)26(28,29)30/h3-8,11-12,17,24,34H,9-10H2,1-2H3. The lowest BCUT2D eigenvalue weighted by Crippen LogP contribution is -2.20. The van der Waals surface area contributed by atoms with Gasteiger partial charge in [0, 0.05) is 17.0 Å². The van der Waals surface area contributed by atoms with Gasteiger partial charge >= 0.3 is 12.4 Å². The molecule has 1 N–H and O–H groups in total. The number of hydrogen-bond acceptors (Lipinski definition) is 4. The van der Waals surface area contributed by atoms with Crippen LogP contribution in [0, 0.1) is 6.92 Å². The normalized spacial score (nSPS) is 18.4. The number of methoxy groups -OCH3 is 1. The van der Waals surface area contributed by atoms with Gasteiger partial charge in [0.25, 0.3) is 0 Å². The highest BCUT2D eigenvalue weighted by Gasteiger charge is 2.46. The second kappa shape index (κ2) is 8.71. The van der Waals surface area contributed by atoms with Crippen molar-refractivity contribution in [3.63, 3.8) is 0 Å². The topological polar surface area (TPSA) is 47.6 Å². The van der Waals surface area contributed by atoms with Crippen molar-refractivity contribution >= 4 is 22.1 Å². The average molecular weight is 521 g/mol. The number of hydrogen-bond donors (Lipinski definition) is 1. The van der Waals surface area contributed by atoms with Gasteiger partial charge in [0.1, 0.15) is 5.75 Å². The fourth-order valence-electron chi connectivity index (χ4n) is 4.71. The molecule has 4 nitrogen and oxygen atoms in total. The largest absolute Gasteiger partial charge is 0.496 e. The summed E-state index contributed by atoms with van der Waals surface area (Å²) in [5.74, 6) is -0.890. The van der Waals surface area contributed by atoms with Crippen LogP contribution >= 0.6 is 0 Å². The summed E-state index contributed by atoms with van der Waals surface area (Å²) in [7, 11) is 1.30. The molecule has 1 aliphatic heterocycles. The number of rotatable bonds is 5. The van der Waals surface area contributed by atoms with E-state index in [2.05, 4.69) is 5.32 Å². The third-order valence-corrected chi connectivity index (χ3v) is 6.47. The molecule has 37 heavy (non-hydrogen) atoms. The van der Waals surface area contributed by atoms with E-state index in [-0.39, 0.29) is 39.8 Å². The van der Waals surface area contributed by atoms with Crippen molar-refractivity contribution < 1.29 is 40.6 Å². The minimum Gasteiger partial charge on any atom is -0.496 e. The Kier molecular flexibility index (Phi) is 5.88. The predicted octanol–water partition coefficient (Wildman–Crippen LogP) is 6.96. The molecule has 0 amide bonds. The van der Waals surface area contributed by atoms with Crippen LogP contribution in [0.15, 0.2) is 54.4 Å². The molecule has 1 aliphatic carbocycles. The first-order valence-electron chi connectivity index (χ1n) is 11.5. The highest BCUT2D eigenvalue weighted by atomic mass is 19.4. The van der Waals surface area contributed by atoms with Gasteiger partial charge in [-0.15, -0.1) is 0 Å². The predicted molar refractivity (Wildman–Crippen MR) is 124 cm³/mol. The maximum atomic E-state index is 14.4. The van der Waals surface area contributed by atoms with Gasteiger partial charge in [-0.2, -0.15) is 26.3 Å². The van der Waals surface area contributed by atoms with Gasteiger partial charge in [0.2, 0.25) is 5.78 Å². The molecule has 1 heterocycles. The summed E-state index contributed by atoms with van der Waals surface area (Å²) in [6, 6.07) is 10.1. The van der Waals surface area contributed by atoms with Crippen molar-refractivity contribution in [3.8, 4) is 5.75 Å². The van der Waals surface area contributed by atoms with E-state index in [9.17, 15) is 31.1 Å². The molecular weight excluding hydrogens is 500 g/mol. The Hall–Kier alpha value is -3.69. The number of benzene rings is 3. The van der Waals surface area contributed by atoms with Crippen LogP contribution in [-0.4, -0.2) is 18.9 Å². The molecule has 3 aromatic rings. The Morgan fingerprint density at radius 2 is 1.68 bits per heavy atom. The average Bonchev–Trinajstić information content (AvgIpc) is 3.58. The van der Waals surface area contributed by atoms with Crippen LogP contribution in [0.5, 0.6) is 5.75 Å². The number of carbonyl (C=O) groups excluding carboxylic acids is 1. The minimum absolute atomic E-state index is 0.0531. The van der Waals surface area contributed by atoms with E-state index in [4.69, 9.17) is 9.47 Å². The zero-order chi connectivity index (χ0) is 26.7. The van der Waals surface area contributed by atoms with Crippen molar-refractivity contribution in [2.24, 2.45) is 0 Å². The zero-order valence-corrected chi connectivity index (χ0v) is 19.7. The van der Waals surface area contributed by atoms with E-state index in [1.165, 1.54) is 32.2 Å². The lowest BCUT2D eigenvalue weighted by molar-refractivity contribution is -0.140. The number of aryl methyl sites for hydroxylation is 1. The summed E-state index contributed by atoms with van der Waals surface area (Å²) < 4.78 is 94.7. The molecule has 3 aromatic carbocycles. The van der Waals surface area contributed by atoms with E-state index in [1.54, 1.807) is 12.1 Å². The number of nitrogens with one attached hydrogen (secondary N) is 1. The number of Topliss-reactive ketones (excluding diaryl/α,β-unsaturated/α-hetero) is 1. The SMILES string of the molecule is COc1cccc2cc(C)c(C(F)(F)F)c(C3OC(NC4CC4)=C(c4cccc(C(F)(F)F)c4)C3=O)c12. The minimum atomic E-state index is -4.85. The summed E-state index contributed by atoms with van der Waals surface area (Å²) in [6.07, 6.45) is -9.80. The maximum Gasteiger partial charge on any atom is 0.417 e. The fraction of sp³-hybridized carbons (Fsp3) is 0.296. The Morgan fingerprint density at radius 1 is 0.973 bits per heavy atom. The highest BCUT2D eigenvalue weighted by molar-refractivity contribution is 6.26. The zero-order valence-electron chi connectivity index (χ0n) is 19.7. The smallest absolute Gasteiger partial charge is 0.417 e. The van der Waals surface area contributed by atoms with Crippen molar-refractivity contribution in [1.82, 2.24) is 5.32 Å². The Balaban J connectivity index is 1.73. The van der Waals surface area contributed by atoms with E-state index < -0.39 is 40.9 Å². The Bertz CT molecular complexity index is 1440. The summed E-state index contributed by atoms with van der Waals surface area (Å²) in [4.78, 5) is 13.8. The molecule has 5 rings (SSSR count). The highest BCUT2D eigenvalue weighted by Crippen LogP contribution is 2.49. The van der Waals surface area contributed by atoms with Gasteiger partial charge in [-0.1, -0.05) is 30.3 Å². The van der Waals surface area contributed by atoms with E-state index in [0.29, 0.717) is 5.39 Å². The monoisotopic (exact) mass is 521 g/mol. The van der Waals surface area contributed by atoms with Gasteiger partial charge in [-0.3, -0.25) is 4.79 Å². The van der Waals surface area contributed by atoms with Crippen LogP contribution in [-0.2, 0) is 21.9 Å². The maximum absolute atomic E-state index is 14.4. The van der Waals surface area contributed by atoms with E-state index in [1.807, 2.05) is 0 Å². The van der Waals surface area contributed by atoms with Crippen molar-refractivity contribution in [3.05, 3.63) is 82.2 Å². The van der Waals surface area contributed by atoms with Gasteiger partial charge in [-0.05, 0) is 54.5 Å². The van der Waals surface area contributed by atoms with Crippen molar-refractivity contribution in [1.29, 1.82) is 0 Å². The lowest BCUT2D eigenvalue weighted by atomic mass is 9.87. The first-order valence-corrected chi connectivity index (χ1v) is 11.5. The Morgan fingerprint density at radius 3 is 2.30 bits per heavy atom. The van der Waals surface area contributed by atoms with E-state index >= 15 is 0 Å². The van der Waals surface area contributed by atoms with Gasteiger partial charge in [0.05, 0.1) is 23.8 Å². The lowest BCUT2D eigenvalue weighted by Gasteiger charge is -2.23. The molecule has 2 aliphatic rings. The van der Waals surface area contributed by atoms with Crippen molar-refractivity contribution in [2.45, 2.75) is 44.3 Å². The Labute approximate surface area is 207 Å². The summed E-state index contributed by atoms with van der Waals surface area (Å²) in [5, 5.41) is 3.44. The summed E-state index contributed by atoms with van der Waals surface area (Å²) in [6.45, 7) is 1.29. The second-order valence-corrected chi connectivity index (χ2v) is 9.10. The first-order chi connectivity index (χ1) is 17.4. The number of ether oxygens (including phenoxy) is 2. The molecule has 1 unspecified atom stereocenters. The molecule has 0 radical (unpaired) electrons. The number of ketones is 1. The van der Waals surface area contributed by atoms with Crippen LogP contribution in [0.3, 0.4) is 0 Å². The van der Waals surface area contributed by atoms with Gasteiger partial charge in [-0.25, -0.2) is 0 Å². The molecule has 0 saturated heterocycles. The van der Waals surface area contributed by atoms with Crippen LogP contribution < -0.4 is 10.1 Å². The number of alkyl halides is 6. The van der Waals surface area contributed by atoms with E-state index in [0.717, 1.165) is 31.0 Å². The van der Waals surface area contributed by atoms with Crippen LogP contribution in [0.2, 0.25) is 0 Å². The molecule has 1 atom stereocenters. The molecule has 194 valence electrons. The molecule has 0 bridgehead atoms. The van der Waals surface area contributed by atoms with Gasteiger partial charge < -0.3 is 14.8 Å². The van der Waals surface area contributed by atoms with Gasteiger partial charge in [0.15, 0.2) is 12.0 Å². The van der Waals surface area contributed by atoms with Crippen molar-refractivity contribution in [2.75, 3.05) is 7.11 Å². The van der Waals surface area contributed by atoms with Crippen LogP contribution in [0.25, 0.3) is 16.3 Å². The number of fused-ring (bicyclic) bond motifs is 1. The molecule has 1 fully saturated rings. The van der Waals surface area contributed by atoms with Crippen LogP contribution in [0.1, 0.15) is 46.8 Å². The molecular formula is C27H21F6NO3. The summed E-state index contributed by atoms with van der Waals surface area (Å²) >= 11 is 0. The fourth-order valence-corrected chi connectivity index (χ4v) is 4.71.